The van der Waals surface area contributed by atoms with Crippen molar-refractivity contribution in [3.63, 3.8) is 0 Å². The van der Waals surface area contributed by atoms with Crippen LogP contribution in [0.25, 0.3) is 56.1 Å². The molecule has 6 heteroatoms. The summed E-state index contributed by atoms with van der Waals surface area (Å²) in [4.78, 5) is 16.9. The Labute approximate surface area is 304 Å². The Morgan fingerprint density at radius 2 is 1.10 bits per heavy atom. The van der Waals surface area contributed by atoms with Crippen LogP contribution < -0.4 is 0 Å². The Hall–Kier alpha value is -6.86. The first-order valence-electron chi connectivity index (χ1n) is 17.0. The molecule has 0 saturated carbocycles. The SMILES string of the molecule is N#Cc1cc(C#N)c2c(c1)C1(c3ccccc3S2)c2ccccc2-c2cc3ccc(-c4nc(-c5ccccc5)nc(-c5ccccc5)n4)cc3cc21. The standard InChI is InChI=1S/C46H25N5S/c47-26-28-21-34(27-48)42-40(22-28)46(38-17-9-10-18-41(38)52-42)37-16-8-7-15-35(37)36-24-31-19-20-32(23-33(31)25-39(36)46)45-50-43(29-11-3-1-4-12-29)49-44(51-45)30-13-5-2-6-14-30/h1-25H. The highest BCUT2D eigenvalue weighted by Crippen LogP contribution is 2.63. The summed E-state index contributed by atoms with van der Waals surface area (Å²) in [6.07, 6.45) is 0. The predicted octanol–water partition coefficient (Wildman–Crippen LogP) is 10.6. The maximum atomic E-state index is 10.4. The minimum atomic E-state index is -0.736. The molecular weight excluding hydrogens is 655 g/mol. The van der Waals surface area contributed by atoms with Crippen LogP contribution in [0.15, 0.2) is 161 Å². The topological polar surface area (TPSA) is 86.2 Å². The smallest absolute Gasteiger partial charge is 0.164 e. The third kappa shape index (κ3) is 4.39. The van der Waals surface area contributed by atoms with Crippen molar-refractivity contribution in [1.29, 1.82) is 10.5 Å². The van der Waals surface area contributed by atoms with Gasteiger partial charge in [-0.1, -0.05) is 127 Å². The van der Waals surface area contributed by atoms with Gasteiger partial charge in [-0.05, 0) is 80.6 Å². The number of nitrogens with zero attached hydrogens (tertiary/aromatic N) is 5. The summed E-state index contributed by atoms with van der Waals surface area (Å²) in [5.41, 5.74) is 9.64. The van der Waals surface area contributed by atoms with Crippen molar-refractivity contribution in [2.24, 2.45) is 0 Å². The van der Waals surface area contributed by atoms with Gasteiger partial charge in [0, 0.05) is 26.5 Å². The average molecular weight is 680 g/mol. The predicted molar refractivity (Wildman–Crippen MR) is 204 cm³/mol. The van der Waals surface area contributed by atoms with E-state index in [0.717, 1.165) is 70.6 Å². The zero-order chi connectivity index (χ0) is 34.8. The lowest BCUT2D eigenvalue weighted by Crippen LogP contribution is -2.32. The van der Waals surface area contributed by atoms with Gasteiger partial charge in [0.15, 0.2) is 17.5 Å². The quantitative estimate of drug-likeness (QED) is 0.185. The summed E-state index contributed by atoms with van der Waals surface area (Å²) in [7, 11) is 0. The largest absolute Gasteiger partial charge is 0.208 e. The molecule has 7 aromatic carbocycles. The molecule has 0 amide bonds. The maximum Gasteiger partial charge on any atom is 0.164 e. The zero-order valence-corrected chi connectivity index (χ0v) is 28.4. The Morgan fingerprint density at radius 1 is 0.462 bits per heavy atom. The molecule has 0 saturated heterocycles. The van der Waals surface area contributed by atoms with Gasteiger partial charge >= 0.3 is 0 Å². The highest BCUT2D eigenvalue weighted by Gasteiger charge is 2.51. The van der Waals surface area contributed by atoms with Gasteiger partial charge in [0.1, 0.15) is 6.07 Å². The van der Waals surface area contributed by atoms with Gasteiger partial charge in [-0.25, -0.2) is 15.0 Å². The van der Waals surface area contributed by atoms with Crippen LogP contribution >= 0.6 is 11.8 Å². The second-order valence-electron chi connectivity index (χ2n) is 13.0. The molecule has 10 rings (SSSR count). The number of fused-ring (bicyclic) bond motifs is 10. The molecule has 0 fully saturated rings. The van der Waals surface area contributed by atoms with Crippen molar-refractivity contribution in [3.05, 3.63) is 185 Å². The van der Waals surface area contributed by atoms with Gasteiger partial charge in [-0.3, -0.25) is 0 Å². The van der Waals surface area contributed by atoms with E-state index >= 15 is 0 Å². The first kappa shape index (κ1) is 30.0. The fourth-order valence-corrected chi connectivity index (χ4v) is 9.20. The summed E-state index contributed by atoms with van der Waals surface area (Å²) in [6, 6.07) is 56.5. The van der Waals surface area contributed by atoms with E-state index in [-0.39, 0.29) is 0 Å². The molecule has 0 N–H and O–H groups in total. The van der Waals surface area contributed by atoms with Crippen LogP contribution in [0, 0.1) is 22.7 Å². The molecule has 1 aromatic heterocycles. The van der Waals surface area contributed by atoms with Crippen molar-refractivity contribution in [3.8, 4) is 57.4 Å². The van der Waals surface area contributed by atoms with Gasteiger partial charge in [0.2, 0.25) is 0 Å². The van der Waals surface area contributed by atoms with Gasteiger partial charge in [-0.2, -0.15) is 10.5 Å². The Bertz CT molecular complexity index is 2800. The van der Waals surface area contributed by atoms with Crippen molar-refractivity contribution in [2.45, 2.75) is 15.2 Å². The molecule has 8 aromatic rings. The molecule has 1 atom stereocenters. The first-order valence-corrected chi connectivity index (χ1v) is 17.8. The molecule has 1 aliphatic carbocycles. The first-order chi connectivity index (χ1) is 25.6. The third-order valence-electron chi connectivity index (χ3n) is 10.2. The molecule has 240 valence electrons. The lowest BCUT2D eigenvalue weighted by atomic mass is 9.66. The fraction of sp³-hybridized carbons (Fsp3) is 0.0217. The van der Waals surface area contributed by atoms with Gasteiger partial charge < -0.3 is 0 Å². The fourth-order valence-electron chi connectivity index (χ4n) is 7.96. The molecular formula is C46H25N5S. The summed E-state index contributed by atoms with van der Waals surface area (Å²) >= 11 is 1.61. The highest BCUT2D eigenvalue weighted by atomic mass is 32.2. The van der Waals surface area contributed by atoms with Crippen molar-refractivity contribution in [2.75, 3.05) is 0 Å². The average Bonchev–Trinajstić information content (AvgIpc) is 3.49. The van der Waals surface area contributed by atoms with Crippen LogP contribution in [0.1, 0.15) is 33.4 Å². The number of hydrogen-bond acceptors (Lipinski definition) is 6. The second-order valence-corrected chi connectivity index (χ2v) is 14.1. The van der Waals surface area contributed by atoms with E-state index in [9.17, 15) is 10.5 Å². The Morgan fingerprint density at radius 3 is 1.79 bits per heavy atom. The van der Waals surface area contributed by atoms with E-state index in [1.54, 1.807) is 17.8 Å². The molecule has 2 aliphatic rings. The van der Waals surface area contributed by atoms with Crippen LogP contribution in [-0.2, 0) is 5.41 Å². The number of benzene rings is 7. The minimum Gasteiger partial charge on any atom is -0.208 e. The molecule has 0 bridgehead atoms. The van der Waals surface area contributed by atoms with Crippen LogP contribution in [0.4, 0.5) is 0 Å². The van der Waals surface area contributed by atoms with E-state index in [4.69, 9.17) is 15.0 Å². The summed E-state index contributed by atoms with van der Waals surface area (Å²) in [6.45, 7) is 0. The van der Waals surface area contributed by atoms with Crippen LogP contribution in [0.2, 0.25) is 0 Å². The third-order valence-corrected chi connectivity index (χ3v) is 11.4. The van der Waals surface area contributed by atoms with E-state index in [0.29, 0.717) is 28.6 Å². The summed E-state index contributed by atoms with van der Waals surface area (Å²) in [5.74, 6) is 1.82. The van der Waals surface area contributed by atoms with Crippen molar-refractivity contribution in [1.82, 2.24) is 15.0 Å². The molecule has 1 aliphatic heterocycles. The minimum absolute atomic E-state index is 0.474. The van der Waals surface area contributed by atoms with Gasteiger partial charge in [-0.15, -0.1) is 0 Å². The molecule has 1 spiro atoms. The Balaban J connectivity index is 1.25. The van der Waals surface area contributed by atoms with E-state index in [1.807, 2.05) is 66.7 Å². The highest BCUT2D eigenvalue weighted by molar-refractivity contribution is 7.99. The van der Waals surface area contributed by atoms with Gasteiger partial charge in [0.05, 0.1) is 22.6 Å². The van der Waals surface area contributed by atoms with Crippen LogP contribution in [0.5, 0.6) is 0 Å². The summed E-state index contributed by atoms with van der Waals surface area (Å²) < 4.78 is 0. The zero-order valence-electron chi connectivity index (χ0n) is 27.6. The second kappa shape index (κ2) is 11.6. The number of rotatable bonds is 3. The monoisotopic (exact) mass is 679 g/mol. The Kier molecular flexibility index (Phi) is 6.70. The molecule has 0 radical (unpaired) electrons. The van der Waals surface area contributed by atoms with Crippen molar-refractivity contribution < 1.29 is 0 Å². The lowest BCUT2D eigenvalue weighted by Gasteiger charge is -2.40. The molecule has 1 unspecified atom stereocenters. The van der Waals surface area contributed by atoms with E-state index < -0.39 is 5.41 Å². The number of aromatic nitrogens is 3. The summed E-state index contributed by atoms with van der Waals surface area (Å²) in [5, 5.41) is 22.7. The number of nitriles is 2. The molecule has 5 nitrogen and oxygen atoms in total. The van der Waals surface area contributed by atoms with Gasteiger partial charge in [0.25, 0.3) is 0 Å². The normalized spacial score (nSPS) is 14.9. The van der Waals surface area contributed by atoms with Crippen LogP contribution in [0.3, 0.4) is 0 Å². The molecule has 52 heavy (non-hydrogen) atoms. The lowest BCUT2D eigenvalue weighted by molar-refractivity contribution is 0.721. The maximum absolute atomic E-state index is 10.4. The number of hydrogen-bond donors (Lipinski definition) is 0. The van der Waals surface area contributed by atoms with Crippen molar-refractivity contribution >= 4 is 22.5 Å². The molecule has 2 heterocycles. The van der Waals surface area contributed by atoms with Crippen LogP contribution in [-0.4, -0.2) is 15.0 Å². The van der Waals surface area contributed by atoms with E-state index in [1.165, 1.54) is 0 Å². The van der Waals surface area contributed by atoms with E-state index in [2.05, 4.69) is 91.0 Å².